The van der Waals surface area contributed by atoms with E-state index >= 15 is 0 Å². The summed E-state index contributed by atoms with van der Waals surface area (Å²) < 4.78 is 0. The fourth-order valence-electron chi connectivity index (χ4n) is 3.78. The molecule has 0 saturated heterocycles. The van der Waals surface area contributed by atoms with Gasteiger partial charge in [-0.15, -0.1) is 0 Å². The molecule has 2 rings (SSSR count). The van der Waals surface area contributed by atoms with Crippen LogP contribution in [0.3, 0.4) is 0 Å². The Hall–Kier alpha value is -2.28. The average Bonchev–Trinajstić information content (AvgIpc) is 2.61. The summed E-state index contributed by atoms with van der Waals surface area (Å²) in [7, 11) is 2.15. The molecule has 0 aromatic rings. The van der Waals surface area contributed by atoms with E-state index in [0.717, 1.165) is 12.8 Å². The number of rotatable bonds is 4. The van der Waals surface area contributed by atoms with Crippen molar-refractivity contribution in [3.63, 3.8) is 0 Å². The van der Waals surface area contributed by atoms with E-state index in [0.29, 0.717) is 0 Å². The van der Waals surface area contributed by atoms with Crippen molar-refractivity contribution >= 4 is 0 Å². The van der Waals surface area contributed by atoms with Crippen LogP contribution in [0.5, 0.6) is 0 Å². The zero-order valence-corrected chi connectivity index (χ0v) is 16.4. The van der Waals surface area contributed by atoms with Crippen LogP contribution < -0.4 is 0 Å². The zero-order valence-electron chi connectivity index (χ0n) is 16.4. The van der Waals surface area contributed by atoms with Gasteiger partial charge in [0, 0.05) is 23.9 Å². The van der Waals surface area contributed by atoms with Crippen molar-refractivity contribution in [3.8, 4) is 0 Å². The van der Waals surface area contributed by atoms with Crippen LogP contribution in [0, 0.1) is 5.41 Å². The molecule has 2 aliphatic rings. The van der Waals surface area contributed by atoms with Crippen LogP contribution in [-0.4, -0.2) is 11.9 Å². The summed E-state index contributed by atoms with van der Waals surface area (Å²) >= 11 is 0. The quantitative estimate of drug-likeness (QED) is 0.521. The van der Waals surface area contributed by atoms with Gasteiger partial charge in [-0.3, -0.25) is 0 Å². The summed E-state index contributed by atoms with van der Waals surface area (Å²) in [5, 5.41) is 0. The van der Waals surface area contributed by atoms with Gasteiger partial charge in [-0.25, -0.2) is 0 Å². The van der Waals surface area contributed by atoms with Gasteiger partial charge in [-0.1, -0.05) is 69.5 Å². The number of allylic oxidation sites excluding steroid dienone is 12. The Morgan fingerprint density at radius 3 is 2.52 bits per heavy atom. The molecular formula is C24H31N. The highest BCUT2D eigenvalue weighted by Crippen LogP contribution is 2.50. The number of likely N-dealkylation sites (N-methyl/N-ethyl adjacent to an activating group) is 1. The van der Waals surface area contributed by atoms with Gasteiger partial charge < -0.3 is 4.90 Å². The molecule has 0 atom stereocenters. The standard InChI is InChI=1S/C24H31N/c1-8-11-15-19(9-2)22-23(20-16-13-12-14-17-20)25(7)21(10-3)18(4)24(22,5)6/h8-14,16H,2-3,15,17H2,1,4-7H3/b11-8-,22-19+,23-20+. The molecule has 0 spiro atoms. The average molecular weight is 334 g/mol. The minimum Gasteiger partial charge on any atom is -0.344 e. The molecule has 0 aromatic carbocycles. The lowest BCUT2D eigenvalue weighted by Gasteiger charge is -2.45. The van der Waals surface area contributed by atoms with Crippen molar-refractivity contribution in [2.24, 2.45) is 5.41 Å². The van der Waals surface area contributed by atoms with Crippen molar-refractivity contribution in [2.75, 3.05) is 7.05 Å². The van der Waals surface area contributed by atoms with Crippen molar-refractivity contribution in [1.82, 2.24) is 4.90 Å². The SMILES string of the molecule is C=CC1=C(C)C(C)(C)C(=C(\C=C)C/C=C\C)/C(=C2/C=CC=CC2)N1C. The van der Waals surface area contributed by atoms with Crippen LogP contribution in [0.15, 0.2) is 95.5 Å². The van der Waals surface area contributed by atoms with Gasteiger partial charge in [0.15, 0.2) is 0 Å². The van der Waals surface area contributed by atoms with E-state index in [2.05, 4.69) is 89.3 Å². The largest absolute Gasteiger partial charge is 0.344 e. The maximum Gasteiger partial charge on any atom is 0.0488 e. The topological polar surface area (TPSA) is 3.24 Å². The van der Waals surface area contributed by atoms with Gasteiger partial charge in [0.05, 0.1) is 0 Å². The van der Waals surface area contributed by atoms with Gasteiger partial charge in [0.2, 0.25) is 0 Å². The Kier molecular flexibility index (Phi) is 5.89. The molecule has 1 heterocycles. The maximum atomic E-state index is 4.12. The number of hydrogen-bond donors (Lipinski definition) is 0. The Labute approximate surface area is 153 Å². The normalized spacial score (nSPS) is 24.9. The Bertz CT molecular complexity index is 745. The first-order valence-corrected chi connectivity index (χ1v) is 9.01. The molecule has 1 aliphatic carbocycles. The second-order valence-electron chi connectivity index (χ2n) is 7.14. The molecule has 1 aliphatic heterocycles. The van der Waals surface area contributed by atoms with E-state index in [1.807, 2.05) is 12.2 Å². The van der Waals surface area contributed by atoms with Crippen molar-refractivity contribution in [1.29, 1.82) is 0 Å². The maximum absolute atomic E-state index is 4.12. The first-order chi connectivity index (χ1) is 11.9. The molecule has 1 heteroatoms. The molecule has 132 valence electrons. The summed E-state index contributed by atoms with van der Waals surface area (Å²) in [6, 6.07) is 0. The number of hydrogen-bond acceptors (Lipinski definition) is 1. The molecule has 0 aromatic heterocycles. The van der Waals surface area contributed by atoms with Crippen LogP contribution >= 0.6 is 0 Å². The van der Waals surface area contributed by atoms with Gasteiger partial charge in [-0.2, -0.15) is 0 Å². The van der Waals surface area contributed by atoms with E-state index < -0.39 is 0 Å². The van der Waals surface area contributed by atoms with Gasteiger partial charge in [-0.05, 0) is 55.1 Å². The monoisotopic (exact) mass is 333 g/mol. The highest BCUT2D eigenvalue weighted by Gasteiger charge is 2.38. The molecular weight excluding hydrogens is 302 g/mol. The fourth-order valence-corrected chi connectivity index (χ4v) is 3.78. The van der Waals surface area contributed by atoms with Gasteiger partial charge in [0.25, 0.3) is 0 Å². The molecule has 0 fully saturated rings. The summed E-state index contributed by atoms with van der Waals surface area (Å²) in [6.45, 7) is 17.1. The van der Waals surface area contributed by atoms with Gasteiger partial charge >= 0.3 is 0 Å². The molecule has 0 bridgehead atoms. The van der Waals surface area contributed by atoms with Crippen LogP contribution in [0.1, 0.15) is 40.5 Å². The Balaban J connectivity index is 2.87. The predicted molar refractivity (Wildman–Crippen MR) is 111 cm³/mol. The second kappa shape index (κ2) is 7.74. The van der Waals surface area contributed by atoms with E-state index in [1.165, 1.54) is 33.7 Å². The highest BCUT2D eigenvalue weighted by atomic mass is 15.1. The highest BCUT2D eigenvalue weighted by molar-refractivity contribution is 5.58. The lowest BCUT2D eigenvalue weighted by molar-refractivity contribution is 0.410. The van der Waals surface area contributed by atoms with E-state index in [-0.39, 0.29) is 5.41 Å². The van der Waals surface area contributed by atoms with E-state index in [4.69, 9.17) is 0 Å². The van der Waals surface area contributed by atoms with Crippen molar-refractivity contribution in [2.45, 2.75) is 40.5 Å². The first kappa shape index (κ1) is 19.1. The third-order valence-corrected chi connectivity index (χ3v) is 5.40. The van der Waals surface area contributed by atoms with Crippen molar-refractivity contribution < 1.29 is 0 Å². The summed E-state index contributed by atoms with van der Waals surface area (Å²) in [5.41, 5.74) is 7.79. The lowest BCUT2D eigenvalue weighted by Crippen LogP contribution is -2.35. The third-order valence-electron chi connectivity index (χ3n) is 5.40. The summed E-state index contributed by atoms with van der Waals surface area (Å²) in [5.74, 6) is 0. The van der Waals surface area contributed by atoms with Crippen LogP contribution in [0.2, 0.25) is 0 Å². The Morgan fingerprint density at radius 2 is 2.00 bits per heavy atom. The lowest BCUT2D eigenvalue weighted by atomic mass is 9.69. The van der Waals surface area contributed by atoms with Gasteiger partial charge in [0.1, 0.15) is 0 Å². The molecule has 0 N–H and O–H groups in total. The fraction of sp³-hybridized carbons (Fsp3) is 0.333. The molecule has 0 radical (unpaired) electrons. The number of nitrogens with zero attached hydrogens (tertiary/aromatic N) is 1. The molecule has 0 amide bonds. The van der Waals surface area contributed by atoms with Crippen LogP contribution in [0.4, 0.5) is 0 Å². The van der Waals surface area contributed by atoms with Crippen LogP contribution in [-0.2, 0) is 0 Å². The van der Waals surface area contributed by atoms with Crippen LogP contribution in [0.25, 0.3) is 0 Å². The smallest absolute Gasteiger partial charge is 0.0488 e. The molecule has 0 saturated carbocycles. The predicted octanol–water partition coefficient (Wildman–Crippen LogP) is 6.64. The Morgan fingerprint density at radius 1 is 1.28 bits per heavy atom. The van der Waals surface area contributed by atoms with Crippen molar-refractivity contribution in [3.05, 3.63) is 95.5 Å². The first-order valence-electron chi connectivity index (χ1n) is 9.01. The molecule has 25 heavy (non-hydrogen) atoms. The second-order valence-corrected chi connectivity index (χ2v) is 7.14. The summed E-state index contributed by atoms with van der Waals surface area (Å²) in [6.07, 6.45) is 18.9. The summed E-state index contributed by atoms with van der Waals surface area (Å²) in [4.78, 5) is 2.31. The minimum atomic E-state index is -0.0710. The molecule has 0 unspecified atom stereocenters. The van der Waals surface area contributed by atoms with E-state index in [1.54, 1.807) is 0 Å². The molecule has 1 nitrogen and oxygen atoms in total. The zero-order chi connectivity index (χ0) is 18.6. The van der Waals surface area contributed by atoms with E-state index in [9.17, 15) is 0 Å². The third kappa shape index (κ3) is 3.42. The minimum absolute atomic E-state index is 0.0710.